The quantitative estimate of drug-likeness (QED) is 0.744. The predicted octanol–water partition coefficient (Wildman–Crippen LogP) is 2.02. The fourth-order valence-corrected chi connectivity index (χ4v) is 2.03. The van der Waals surface area contributed by atoms with Crippen LogP contribution < -0.4 is 0 Å². The highest BCUT2D eigenvalue weighted by Gasteiger charge is 2.11. The molecule has 1 rings (SSSR count). The SMILES string of the molecule is COCc1cc(C)nc(SCC#N)c1C#N. The zero-order valence-electron chi connectivity index (χ0n) is 9.15. The normalized spacial score (nSPS) is 9.50. The lowest BCUT2D eigenvalue weighted by atomic mass is 10.1. The summed E-state index contributed by atoms with van der Waals surface area (Å²) in [5.74, 6) is 0.289. The van der Waals surface area contributed by atoms with E-state index in [4.69, 9.17) is 15.3 Å². The molecule has 0 saturated carbocycles. The zero-order chi connectivity index (χ0) is 12.0. The van der Waals surface area contributed by atoms with Crippen molar-refractivity contribution in [3.05, 3.63) is 22.9 Å². The van der Waals surface area contributed by atoms with Crippen molar-refractivity contribution in [1.82, 2.24) is 4.98 Å². The van der Waals surface area contributed by atoms with Crippen molar-refractivity contribution >= 4 is 11.8 Å². The largest absolute Gasteiger partial charge is 0.380 e. The average molecular weight is 233 g/mol. The van der Waals surface area contributed by atoms with Crippen LogP contribution in [0.5, 0.6) is 0 Å². The summed E-state index contributed by atoms with van der Waals surface area (Å²) in [6.07, 6.45) is 0. The molecular weight excluding hydrogens is 222 g/mol. The third-order valence-electron chi connectivity index (χ3n) is 1.88. The molecule has 0 aromatic carbocycles. The molecule has 0 unspecified atom stereocenters. The fourth-order valence-electron chi connectivity index (χ4n) is 1.30. The van der Waals surface area contributed by atoms with Gasteiger partial charge in [0.15, 0.2) is 0 Å². The van der Waals surface area contributed by atoms with Crippen LogP contribution in [-0.4, -0.2) is 17.8 Å². The number of ether oxygens (including phenoxy) is 1. The Morgan fingerprint density at radius 2 is 2.25 bits per heavy atom. The van der Waals surface area contributed by atoms with Gasteiger partial charge in [0.1, 0.15) is 11.1 Å². The molecule has 0 aliphatic carbocycles. The summed E-state index contributed by atoms with van der Waals surface area (Å²) in [5.41, 5.74) is 2.15. The maximum Gasteiger partial charge on any atom is 0.115 e. The molecule has 0 bridgehead atoms. The van der Waals surface area contributed by atoms with Crippen molar-refractivity contribution in [2.24, 2.45) is 0 Å². The first-order chi connectivity index (χ1) is 7.72. The van der Waals surface area contributed by atoms with Crippen molar-refractivity contribution in [3.63, 3.8) is 0 Å². The van der Waals surface area contributed by atoms with E-state index in [-0.39, 0.29) is 5.75 Å². The Hall–Kier alpha value is -1.56. The molecule has 1 heterocycles. The summed E-state index contributed by atoms with van der Waals surface area (Å²) >= 11 is 1.28. The van der Waals surface area contributed by atoms with Crippen molar-refractivity contribution in [2.75, 3.05) is 12.9 Å². The molecule has 0 saturated heterocycles. The monoisotopic (exact) mass is 233 g/mol. The molecule has 82 valence electrons. The predicted molar refractivity (Wildman–Crippen MR) is 60.7 cm³/mol. The van der Waals surface area contributed by atoms with E-state index in [9.17, 15) is 0 Å². The van der Waals surface area contributed by atoms with Crippen molar-refractivity contribution in [2.45, 2.75) is 18.6 Å². The van der Waals surface area contributed by atoms with Gasteiger partial charge in [-0.15, -0.1) is 0 Å². The molecule has 0 aliphatic rings. The van der Waals surface area contributed by atoms with Gasteiger partial charge in [0, 0.05) is 12.8 Å². The number of nitrogens with zero attached hydrogens (tertiary/aromatic N) is 3. The number of nitriles is 2. The maximum atomic E-state index is 9.07. The van der Waals surface area contributed by atoms with Crippen LogP contribution in [0.2, 0.25) is 0 Å². The van der Waals surface area contributed by atoms with Crippen LogP contribution in [-0.2, 0) is 11.3 Å². The summed E-state index contributed by atoms with van der Waals surface area (Å²) in [6.45, 7) is 2.24. The van der Waals surface area contributed by atoms with E-state index in [0.717, 1.165) is 11.3 Å². The topological polar surface area (TPSA) is 69.7 Å². The minimum Gasteiger partial charge on any atom is -0.380 e. The van der Waals surface area contributed by atoms with Gasteiger partial charge in [0.05, 0.1) is 24.0 Å². The molecule has 16 heavy (non-hydrogen) atoms. The molecule has 0 aliphatic heterocycles. The minimum atomic E-state index is 0.289. The third kappa shape index (κ3) is 2.96. The highest BCUT2D eigenvalue weighted by atomic mass is 32.2. The first-order valence-corrected chi connectivity index (χ1v) is 5.60. The Bertz CT molecular complexity index is 460. The van der Waals surface area contributed by atoms with Gasteiger partial charge in [0.2, 0.25) is 0 Å². The lowest BCUT2D eigenvalue weighted by molar-refractivity contribution is 0.184. The second-order valence-corrected chi connectivity index (χ2v) is 4.06. The lowest BCUT2D eigenvalue weighted by Crippen LogP contribution is -1.99. The average Bonchev–Trinajstić information content (AvgIpc) is 2.26. The van der Waals surface area contributed by atoms with Gasteiger partial charge in [-0.25, -0.2) is 4.98 Å². The van der Waals surface area contributed by atoms with Gasteiger partial charge < -0.3 is 4.74 Å². The number of rotatable bonds is 4. The second-order valence-electron chi connectivity index (χ2n) is 3.09. The van der Waals surface area contributed by atoms with Crippen LogP contribution in [0.3, 0.4) is 0 Å². The zero-order valence-corrected chi connectivity index (χ0v) is 9.97. The van der Waals surface area contributed by atoms with E-state index in [1.807, 2.05) is 19.1 Å². The third-order valence-corrected chi connectivity index (χ3v) is 2.72. The molecule has 5 heteroatoms. The van der Waals surface area contributed by atoms with Crippen LogP contribution >= 0.6 is 11.8 Å². The van der Waals surface area contributed by atoms with Gasteiger partial charge in [-0.3, -0.25) is 0 Å². The molecule has 0 fully saturated rings. The summed E-state index contributed by atoms with van der Waals surface area (Å²) in [4.78, 5) is 4.26. The molecular formula is C11H11N3OS. The Morgan fingerprint density at radius 3 is 2.81 bits per heavy atom. The van der Waals surface area contributed by atoms with Crippen molar-refractivity contribution < 1.29 is 4.74 Å². The van der Waals surface area contributed by atoms with Crippen LogP contribution in [0.1, 0.15) is 16.8 Å². The van der Waals surface area contributed by atoms with E-state index < -0.39 is 0 Å². The first kappa shape index (κ1) is 12.5. The number of aromatic nitrogens is 1. The molecule has 1 aromatic heterocycles. The van der Waals surface area contributed by atoms with E-state index in [2.05, 4.69) is 11.1 Å². The van der Waals surface area contributed by atoms with Gasteiger partial charge in [-0.2, -0.15) is 10.5 Å². The molecule has 0 amide bonds. The molecule has 0 atom stereocenters. The van der Waals surface area contributed by atoms with Crippen LogP contribution in [0.15, 0.2) is 11.1 Å². The van der Waals surface area contributed by atoms with E-state index in [1.54, 1.807) is 7.11 Å². The summed E-state index contributed by atoms with van der Waals surface area (Å²) in [6, 6.07) is 5.96. The van der Waals surface area contributed by atoms with Crippen LogP contribution in [0, 0.1) is 29.6 Å². The number of hydrogen-bond donors (Lipinski definition) is 0. The summed E-state index contributed by atoms with van der Waals surface area (Å²) in [5, 5.41) is 18.2. The Kier molecular flexibility index (Phi) is 4.78. The molecule has 0 radical (unpaired) electrons. The van der Waals surface area contributed by atoms with Crippen molar-refractivity contribution in [3.8, 4) is 12.1 Å². The number of methoxy groups -OCH3 is 1. The molecule has 0 spiro atoms. The molecule has 0 N–H and O–H groups in total. The Balaban J connectivity index is 3.16. The van der Waals surface area contributed by atoms with Gasteiger partial charge in [0.25, 0.3) is 0 Å². The number of aryl methyl sites for hydroxylation is 1. The number of thioether (sulfide) groups is 1. The van der Waals surface area contributed by atoms with Crippen molar-refractivity contribution in [1.29, 1.82) is 10.5 Å². The minimum absolute atomic E-state index is 0.289. The number of pyridine rings is 1. The Morgan fingerprint density at radius 1 is 1.50 bits per heavy atom. The number of hydrogen-bond acceptors (Lipinski definition) is 5. The highest BCUT2D eigenvalue weighted by molar-refractivity contribution is 7.99. The molecule has 1 aromatic rings. The Labute approximate surface area is 98.9 Å². The molecule has 4 nitrogen and oxygen atoms in total. The highest BCUT2D eigenvalue weighted by Crippen LogP contribution is 2.24. The lowest BCUT2D eigenvalue weighted by Gasteiger charge is -2.08. The van der Waals surface area contributed by atoms with Crippen LogP contribution in [0.25, 0.3) is 0 Å². The first-order valence-electron chi connectivity index (χ1n) is 4.62. The van der Waals surface area contributed by atoms with Crippen LogP contribution in [0.4, 0.5) is 0 Å². The van der Waals surface area contributed by atoms with E-state index in [0.29, 0.717) is 17.2 Å². The smallest absolute Gasteiger partial charge is 0.115 e. The second kappa shape index (κ2) is 6.12. The maximum absolute atomic E-state index is 9.07. The standard InChI is InChI=1S/C11H11N3OS/c1-8-5-9(7-15-2)10(6-13)11(14-8)16-4-3-12/h5H,4,7H2,1-2H3. The summed E-state index contributed by atoms with van der Waals surface area (Å²) in [7, 11) is 1.58. The van der Waals surface area contributed by atoms with E-state index >= 15 is 0 Å². The van der Waals surface area contributed by atoms with Gasteiger partial charge >= 0.3 is 0 Å². The van der Waals surface area contributed by atoms with Gasteiger partial charge in [-0.05, 0) is 18.6 Å². The van der Waals surface area contributed by atoms with E-state index in [1.165, 1.54) is 11.8 Å². The van der Waals surface area contributed by atoms with Gasteiger partial charge in [-0.1, -0.05) is 11.8 Å². The fraction of sp³-hybridized carbons (Fsp3) is 0.364. The summed E-state index contributed by atoms with van der Waals surface area (Å²) < 4.78 is 5.03.